The number of nitrogens with one attached hydrogen (secondary N) is 1. The smallest absolute Gasteiger partial charge is 0.414 e. The molecule has 0 amide bonds. The molecule has 0 bridgehead atoms. The molecule has 3 N–H and O–H groups in total. The molecule has 2 heterocycles. The van der Waals surface area contributed by atoms with Crippen molar-refractivity contribution in [3.63, 3.8) is 0 Å². The van der Waals surface area contributed by atoms with E-state index in [0.717, 1.165) is 30.2 Å². The van der Waals surface area contributed by atoms with Crippen LogP contribution in [0.1, 0.15) is 6.92 Å². The molecule has 1 aromatic carbocycles. The first kappa shape index (κ1) is 18.5. The zero-order valence-electron chi connectivity index (χ0n) is 13.5. The van der Waals surface area contributed by atoms with Crippen molar-refractivity contribution in [1.29, 1.82) is 0 Å². The van der Waals surface area contributed by atoms with Gasteiger partial charge in [-0.1, -0.05) is 18.2 Å². The van der Waals surface area contributed by atoms with Gasteiger partial charge in [-0.05, 0) is 30.5 Å². The number of hydrogen-bond donors (Lipinski definition) is 3. The van der Waals surface area contributed by atoms with Crippen LogP contribution in [0.4, 0.5) is 0 Å². The van der Waals surface area contributed by atoms with Gasteiger partial charge in [-0.15, -0.1) is 11.3 Å². The third kappa shape index (κ3) is 5.32. The molecule has 8 heteroatoms. The number of hydrogen-bond acceptors (Lipinski definition) is 6. The van der Waals surface area contributed by atoms with Crippen LogP contribution in [0.15, 0.2) is 46.8 Å². The minimum absolute atomic E-state index is 0.0383. The van der Waals surface area contributed by atoms with E-state index >= 15 is 0 Å². The number of aliphatic carboxylic acids is 2. The van der Waals surface area contributed by atoms with Crippen molar-refractivity contribution in [3.05, 3.63) is 41.8 Å². The van der Waals surface area contributed by atoms with E-state index in [9.17, 15) is 0 Å². The molecule has 0 saturated heterocycles. The van der Waals surface area contributed by atoms with E-state index in [0.29, 0.717) is 0 Å². The van der Waals surface area contributed by atoms with Gasteiger partial charge < -0.3 is 20.3 Å². The molecule has 0 saturated carbocycles. The number of aliphatic imine (C=N–C) groups is 1. The molecule has 1 unspecified atom stereocenters. The van der Waals surface area contributed by atoms with Gasteiger partial charge in [-0.3, -0.25) is 4.99 Å². The molecule has 132 valence electrons. The number of carboxylic acid groups (broad SMARTS) is 2. The Bertz CT molecular complexity index is 746. The molecule has 25 heavy (non-hydrogen) atoms. The summed E-state index contributed by atoms with van der Waals surface area (Å²) < 4.78 is 6.07. The topological polar surface area (TPSA) is 108 Å². The van der Waals surface area contributed by atoms with Crippen LogP contribution in [0.2, 0.25) is 0 Å². The average Bonchev–Trinajstić information content (AvgIpc) is 3.29. The molecular formula is C17H18N2O5S. The van der Waals surface area contributed by atoms with E-state index in [1.165, 1.54) is 4.88 Å². The number of rotatable bonds is 4. The fourth-order valence-electron chi connectivity index (χ4n) is 2.14. The van der Waals surface area contributed by atoms with E-state index in [-0.39, 0.29) is 6.10 Å². The zero-order valence-corrected chi connectivity index (χ0v) is 14.3. The monoisotopic (exact) mass is 362 g/mol. The molecule has 0 fully saturated rings. The Labute approximate surface area is 148 Å². The third-order valence-electron chi connectivity index (χ3n) is 3.25. The standard InChI is InChI=1S/C15H16N2OS.C2H2O4/c1-11(15-16-8-9-17-15)18-13-6-3-2-5-12(13)14-7-4-10-19-14;3-1(4)2(5)6/h2-7,10-11H,8-9H2,1H3,(H,16,17);(H,3,4)(H,5,6). The quantitative estimate of drug-likeness (QED) is 0.721. The van der Waals surface area contributed by atoms with Crippen molar-refractivity contribution in [2.45, 2.75) is 13.0 Å². The second-order valence-corrected chi connectivity index (χ2v) is 5.99. The molecule has 0 aliphatic carbocycles. The molecular weight excluding hydrogens is 344 g/mol. The Hall–Kier alpha value is -2.87. The molecule has 0 radical (unpaired) electrons. The zero-order chi connectivity index (χ0) is 18.2. The predicted molar refractivity (Wildman–Crippen MR) is 95.4 cm³/mol. The van der Waals surface area contributed by atoms with Crippen LogP contribution in [0.25, 0.3) is 10.4 Å². The molecule has 7 nitrogen and oxygen atoms in total. The number of amidine groups is 1. The lowest BCUT2D eigenvalue weighted by atomic mass is 10.1. The Morgan fingerprint density at radius 2 is 1.92 bits per heavy atom. The summed E-state index contributed by atoms with van der Waals surface area (Å²) in [7, 11) is 0. The van der Waals surface area contributed by atoms with E-state index in [1.54, 1.807) is 11.3 Å². The SMILES string of the molecule is CC(Oc1ccccc1-c1cccs1)C1=NCCN1.O=C(O)C(=O)O. The lowest BCUT2D eigenvalue weighted by Crippen LogP contribution is -2.33. The molecule has 1 aliphatic rings. The van der Waals surface area contributed by atoms with Crippen LogP contribution < -0.4 is 10.1 Å². The summed E-state index contributed by atoms with van der Waals surface area (Å²) in [5, 5.41) is 20.1. The van der Waals surface area contributed by atoms with Crippen LogP contribution in [-0.2, 0) is 9.59 Å². The number of carboxylic acids is 2. The number of carbonyl (C=O) groups is 2. The number of ether oxygens (including phenoxy) is 1. The lowest BCUT2D eigenvalue weighted by molar-refractivity contribution is -0.159. The number of thiophene rings is 1. The Kier molecular flexibility index (Phi) is 6.53. The van der Waals surface area contributed by atoms with Gasteiger partial charge in [0.15, 0.2) is 6.10 Å². The summed E-state index contributed by atoms with van der Waals surface area (Å²) in [5.41, 5.74) is 1.14. The van der Waals surface area contributed by atoms with Crippen molar-refractivity contribution >= 4 is 29.1 Å². The average molecular weight is 362 g/mol. The van der Waals surface area contributed by atoms with E-state index in [4.69, 9.17) is 24.5 Å². The maximum absolute atomic E-state index is 9.10. The van der Waals surface area contributed by atoms with Gasteiger partial charge in [0.1, 0.15) is 11.6 Å². The van der Waals surface area contributed by atoms with Gasteiger partial charge in [0.2, 0.25) is 0 Å². The van der Waals surface area contributed by atoms with Gasteiger partial charge in [-0.25, -0.2) is 9.59 Å². The molecule has 0 spiro atoms. The highest BCUT2D eigenvalue weighted by atomic mass is 32.1. The lowest BCUT2D eigenvalue weighted by Gasteiger charge is -2.17. The highest BCUT2D eigenvalue weighted by molar-refractivity contribution is 7.13. The Morgan fingerprint density at radius 1 is 1.20 bits per heavy atom. The summed E-state index contributed by atoms with van der Waals surface area (Å²) in [5.74, 6) is -1.79. The fourth-order valence-corrected chi connectivity index (χ4v) is 2.90. The maximum atomic E-state index is 9.10. The predicted octanol–water partition coefficient (Wildman–Crippen LogP) is 2.34. The summed E-state index contributed by atoms with van der Waals surface area (Å²) in [6, 6.07) is 12.3. The van der Waals surface area contributed by atoms with Gasteiger partial charge in [0.05, 0.1) is 6.54 Å². The fraction of sp³-hybridized carbons (Fsp3) is 0.235. The van der Waals surface area contributed by atoms with Gasteiger partial charge >= 0.3 is 11.9 Å². The van der Waals surface area contributed by atoms with Gasteiger partial charge in [0.25, 0.3) is 0 Å². The third-order valence-corrected chi connectivity index (χ3v) is 4.15. The molecule has 1 atom stereocenters. The van der Waals surface area contributed by atoms with Crippen LogP contribution in [0, 0.1) is 0 Å². The van der Waals surface area contributed by atoms with Crippen LogP contribution in [0.3, 0.4) is 0 Å². The minimum Gasteiger partial charge on any atom is -0.482 e. The Balaban J connectivity index is 0.000000326. The second-order valence-electron chi connectivity index (χ2n) is 5.04. The maximum Gasteiger partial charge on any atom is 0.414 e. The molecule has 2 aromatic rings. The van der Waals surface area contributed by atoms with Crippen molar-refractivity contribution in [3.8, 4) is 16.2 Å². The van der Waals surface area contributed by atoms with Crippen LogP contribution >= 0.6 is 11.3 Å². The molecule has 1 aliphatic heterocycles. The van der Waals surface area contributed by atoms with Crippen molar-refractivity contribution in [2.75, 3.05) is 13.1 Å². The number of para-hydroxylation sites is 1. The van der Waals surface area contributed by atoms with Gasteiger partial charge in [-0.2, -0.15) is 0 Å². The van der Waals surface area contributed by atoms with Crippen LogP contribution in [-0.4, -0.2) is 47.2 Å². The van der Waals surface area contributed by atoms with E-state index in [2.05, 4.69) is 33.9 Å². The number of nitrogens with zero attached hydrogens (tertiary/aromatic N) is 1. The summed E-state index contributed by atoms with van der Waals surface area (Å²) >= 11 is 1.72. The Morgan fingerprint density at radius 3 is 2.48 bits per heavy atom. The summed E-state index contributed by atoms with van der Waals surface area (Å²) in [6.07, 6.45) is -0.0383. The highest BCUT2D eigenvalue weighted by Gasteiger charge is 2.17. The van der Waals surface area contributed by atoms with E-state index < -0.39 is 11.9 Å². The van der Waals surface area contributed by atoms with Gasteiger partial charge in [0, 0.05) is 17.0 Å². The first-order valence-electron chi connectivity index (χ1n) is 7.53. The first-order valence-corrected chi connectivity index (χ1v) is 8.41. The number of benzene rings is 1. The normalized spacial score (nSPS) is 13.7. The second kappa shape index (κ2) is 8.84. The molecule has 3 rings (SSSR count). The summed E-state index contributed by atoms with van der Waals surface area (Å²) in [4.78, 5) is 23.8. The largest absolute Gasteiger partial charge is 0.482 e. The van der Waals surface area contributed by atoms with E-state index in [1.807, 2.05) is 25.1 Å². The van der Waals surface area contributed by atoms with Crippen molar-refractivity contribution in [2.24, 2.45) is 4.99 Å². The van der Waals surface area contributed by atoms with Crippen LogP contribution in [0.5, 0.6) is 5.75 Å². The van der Waals surface area contributed by atoms with Crippen molar-refractivity contribution < 1.29 is 24.5 Å². The molecule has 1 aromatic heterocycles. The highest BCUT2D eigenvalue weighted by Crippen LogP contribution is 2.33. The first-order chi connectivity index (χ1) is 12.0. The van der Waals surface area contributed by atoms with Crippen molar-refractivity contribution in [1.82, 2.24) is 5.32 Å². The minimum atomic E-state index is -1.82. The summed E-state index contributed by atoms with van der Waals surface area (Å²) in [6.45, 7) is 3.79.